The molecule has 2 heterocycles. The topological polar surface area (TPSA) is 72.9 Å². The van der Waals surface area contributed by atoms with Crippen LogP contribution < -0.4 is 19.5 Å². The number of pyridine rings is 1. The van der Waals surface area contributed by atoms with Crippen LogP contribution in [0.2, 0.25) is 0 Å². The quantitative estimate of drug-likeness (QED) is 0.846. The minimum atomic E-state index is -0.0803. The largest absolute Gasteiger partial charge is 0.497 e. The van der Waals surface area contributed by atoms with Crippen molar-refractivity contribution in [1.29, 1.82) is 0 Å². The van der Waals surface area contributed by atoms with Crippen molar-refractivity contribution in [2.75, 3.05) is 40.5 Å². The van der Waals surface area contributed by atoms with E-state index in [1.54, 1.807) is 44.8 Å². The Morgan fingerprint density at radius 2 is 2.15 bits per heavy atom. The third kappa shape index (κ3) is 4.05. The zero-order chi connectivity index (χ0) is 18.4. The van der Waals surface area contributed by atoms with Gasteiger partial charge >= 0.3 is 0 Å². The lowest BCUT2D eigenvalue weighted by molar-refractivity contribution is 0.0556. The van der Waals surface area contributed by atoms with Crippen LogP contribution in [0.5, 0.6) is 17.2 Å². The van der Waals surface area contributed by atoms with Crippen molar-refractivity contribution in [1.82, 2.24) is 15.2 Å². The Hall–Kier alpha value is -2.80. The number of amides is 1. The van der Waals surface area contributed by atoms with Gasteiger partial charge in [-0.3, -0.25) is 9.78 Å². The standard InChI is InChI=1S/C19H23N3O4/c1-24-15-5-6-17(18(10-15)25-2)19(23)22-9-8-21-11-14(22)13-26-16-4-3-7-20-12-16/h3-7,10,12,14,21H,8-9,11,13H2,1-2H3. The second kappa shape index (κ2) is 8.53. The maximum atomic E-state index is 13.1. The molecule has 1 fully saturated rings. The number of benzene rings is 1. The predicted molar refractivity (Wildman–Crippen MR) is 97.0 cm³/mol. The second-order valence-electron chi connectivity index (χ2n) is 5.92. The first-order valence-electron chi connectivity index (χ1n) is 8.49. The first kappa shape index (κ1) is 18.0. The predicted octanol–water partition coefficient (Wildman–Crippen LogP) is 1.59. The normalized spacial score (nSPS) is 16.8. The van der Waals surface area contributed by atoms with E-state index in [9.17, 15) is 4.79 Å². The molecule has 1 aliphatic heterocycles. The molecule has 26 heavy (non-hydrogen) atoms. The van der Waals surface area contributed by atoms with E-state index in [0.717, 1.165) is 6.54 Å². The summed E-state index contributed by atoms with van der Waals surface area (Å²) in [5.41, 5.74) is 0.515. The summed E-state index contributed by atoms with van der Waals surface area (Å²) in [4.78, 5) is 19.0. The molecule has 0 saturated carbocycles. The number of carbonyl (C=O) groups is 1. The third-order valence-electron chi connectivity index (χ3n) is 4.33. The average molecular weight is 357 g/mol. The molecule has 3 rings (SSSR count). The number of aromatic nitrogens is 1. The van der Waals surface area contributed by atoms with E-state index in [0.29, 0.717) is 42.5 Å². The summed E-state index contributed by atoms with van der Waals surface area (Å²) in [6.07, 6.45) is 3.36. The highest BCUT2D eigenvalue weighted by molar-refractivity contribution is 5.97. The molecule has 0 spiro atoms. The highest BCUT2D eigenvalue weighted by Crippen LogP contribution is 2.26. The van der Waals surface area contributed by atoms with Gasteiger partial charge in [-0.05, 0) is 24.3 Å². The minimum Gasteiger partial charge on any atom is -0.497 e. The molecule has 0 aliphatic carbocycles. The Morgan fingerprint density at radius 1 is 1.27 bits per heavy atom. The summed E-state index contributed by atoms with van der Waals surface area (Å²) in [6.45, 7) is 2.41. The van der Waals surface area contributed by atoms with E-state index in [1.165, 1.54) is 0 Å². The summed E-state index contributed by atoms with van der Waals surface area (Å²) in [5, 5.41) is 3.31. The van der Waals surface area contributed by atoms with E-state index >= 15 is 0 Å². The van der Waals surface area contributed by atoms with E-state index in [1.807, 2.05) is 17.0 Å². The first-order valence-corrected chi connectivity index (χ1v) is 8.49. The first-order chi connectivity index (χ1) is 12.7. The molecular formula is C19H23N3O4. The Bertz CT molecular complexity index is 739. The fourth-order valence-electron chi connectivity index (χ4n) is 2.93. The maximum absolute atomic E-state index is 13.1. The van der Waals surface area contributed by atoms with E-state index in [4.69, 9.17) is 14.2 Å². The van der Waals surface area contributed by atoms with Gasteiger partial charge in [0.1, 0.15) is 23.9 Å². The number of nitrogens with zero attached hydrogens (tertiary/aromatic N) is 2. The van der Waals surface area contributed by atoms with Crippen LogP contribution in [0.3, 0.4) is 0 Å². The van der Waals surface area contributed by atoms with Crippen LogP contribution in [0.25, 0.3) is 0 Å². The minimum absolute atomic E-state index is 0.0780. The molecular weight excluding hydrogens is 334 g/mol. The second-order valence-corrected chi connectivity index (χ2v) is 5.92. The maximum Gasteiger partial charge on any atom is 0.258 e. The molecule has 1 aromatic heterocycles. The van der Waals surface area contributed by atoms with Crippen LogP contribution in [0.15, 0.2) is 42.7 Å². The van der Waals surface area contributed by atoms with Crippen molar-refractivity contribution in [3.63, 3.8) is 0 Å². The van der Waals surface area contributed by atoms with Crippen molar-refractivity contribution in [2.45, 2.75) is 6.04 Å². The van der Waals surface area contributed by atoms with Crippen LogP contribution in [0.4, 0.5) is 0 Å². The van der Waals surface area contributed by atoms with Crippen LogP contribution in [-0.2, 0) is 0 Å². The summed E-state index contributed by atoms with van der Waals surface area (Å²) in [5.74, 6) is 1.76. The SMILES string of the molecule is COc1ccc(C(=O)N2CCNCC2COc2cccnc2)c(OC)c1. The van der Waals surface area contributed by atoms with Gasteiger partial charge in [-0.25, -0.2) is 0 Å². The Balaban J connectivity index is 1.75. The molecule has 1 N–H and O–H groups in total. The zero-order valence-corrected chi connectivity index (χ0v) is 15.0. The van der Waals surface area contributed by atoms with Gasteiger partial charge in [0.15, 0.2) is 0 Å². The number of hydrogen-bond donors (Lipinski definition) is 1. The Kier molecular flexibility index (Phi) is 5.91. The lowest BCUT2D eigenvalue weighted by Gasteiger charge is -2.36. The molecule has 138 valence electrons. The molecule has 1 amide bonds. The molecule has 1 aliphatic rings. The fraction of sp³-hybridized carbons (Fsp3) is 0.368. The summed E-state index contributed by atoms with van der Waals surface area (Å²) < 4.78 is 16.4. The van der Waals surface area contributed by atoms with Gasteiger partial charge in [-0.1, -0.05) is 0 Å². The molecule has 0 radical (unpaired) electrons. The summed E-state index contributed by atoms with van der Waals surface area (Å²) in [6, 6.07) is 8.81. The molecule has 1 atom stereocenters. The number of hydrogen-bond acceptors (Lipinski definition) is 6. The van der Waals surface area contributed by atoms with Crippen molar-refractivity contribution in [2.24, 2.45) is 0 Å². The molecule has 7 nitrogen and oxygen atoms in total. The number of piperazine rings is 1. The lowest BCUT2D eigenvalue weighted by atomic mass is 10.1. The number of methoxy groups -OCH3 is 2. The Labute approximate surface area is 152 Å². The molecule has 1 aromatic carbocycles. The van der Waals surface area contributed by atoms with E-state index < -0.39 is 0 Å². The average Bonchev–Trinajstić information content (AvgIpc) is 2.72. The van der Waals surface area contributed by atoms with Crippen molar-refractivity contribution in [3.8, 4) is 17.2 Å². The van der Waals surface area contributed by atoms with Gasteiger partial charge in [0.25, 0.3) is 5.91 Å². The highest BCUT2D eigenvalue weighted by Gasteiger charge is 2.29. The number of carbonyl (C=O) groups excluding carboxylic acids is 1. The van der Waals surface area contributed by atoms with Gasteiger partial charge in [0.05, 0.1) is 32.0 Å². The van der Waals surface area contributed by atoms with Crippen LogP contribution >= 0.6 is 0 Å². The smallest absolute Gasteiger partial charge is 0.258 e. The van der Waals surface area contributed by atoms with Crippen molar-refractivity contribution in [3.05, 3.63) is 48.3 Å². The van der Waals surface area contributed by atoms with Crippen LogP contribution in [-0.4, -0.2) is 62.3 Å². The summed E-state index contributed by atoms with van der Waals surface area (Å²) >= 11 is 0. The number of ether oxygens (including phenoxy) is 3. The summed E-state index contributed by atoms with van der Waals surface area (Å²) in [7, 11) is 3.13. The molecule has 1 saturated heterocycles. The van der Waals surface area contributed by atoms with Crippen molar-refractivity contribution < 1.29 is 19.0 Å². The fourth-order valence-corrected chi connectivity index (χ4v) is 2.93. The molecule has 7 heteroatoms. The van der Waals surface area contributed by atoms with E-state index in [2.05, 4.69) is 10.3 Å². The van der Waals surface area contributed by atoms with Crippen LogP contribution in [0, 0.1) is 0 Å². The van der Waals surface area contributed by atoms with Gasteiger partial charge < -0.3 is 24.4 Å². The molecule has 1 unspecified atom stereocenters. The van der Waals surface area contributed by atoms with Gasteiger partial charge in [-0.15, -0.1) is 0 Å². The number of nitrogens with one attached hydrogen (secondary N) is 1. The van der Waals surface area contributed by atoms with Gasteiger partial charge in [0.2, 0.25) is 0 Å². The lowest BCUT2D eigenvalue weighted by Crippen LogP contribution is -2.55. The third-order valence-corrected chi connectivity index (χ3v) is 4.33. The monoisotopic (exact) mass is 357 g/mol. The highest BCUT2D eigenvalue weighted by atomic mass is 16.5. The Morgan fingerprint density at radius 3 is 2.88 bits per heavy atom. The zero-order valence-electron chi connectivity index (χ0n) is 15.0. The molecule has 0 bridgehead atoms. The van der Waals surface area contributed by atoms with Gasteiger partial charge in [0, 0.05) is 31.9 Å². The molecule has 2 aromatic rings. The number of rotatable bonds is 6. The van der Waals surface area contributed by atoms with Crippen molar-refractivity contribution >= 4 is 5.91 Å². The van der Waals surface area contributed by atoms with E-state index in [-0.39, 0.29) is 11.9 Å². The van der Waals surface area contributed by atoms with Gasteiger partial charge in [-0.2, -0.15) is 0 Å². The van der Waals surface area contributed by atoms with Crippen LogP contribution in [0.1, 0.15) is 10.4 Å².